The molecule has 1 unspecified atom stereocenters. The zero-order valence-corrected chi connectivity index (χ0v) is 12.7. The zero-order chi connectivity index (χ0) is 13.9. The Bertz CT molecular complexity index is 503. The summed E-state index contributed by atoms with van der Waals surface area (Å²) in [6, 6.07) is 9.62. The number of thiocarbonyl (C=S) groups is 1. The Morgan fingerprint density at radius 2 is 1.95 bits per heavy atom. The van der Waals surface area contributed by atoms with Gasteiger partial charge in [0.1, 0.15) is 9.57 Å². The highest BCUT2D eigenvalue weighted by molar-refractivity contribution is 8.25. The zero-order valence-electron chi connectivity index (χ0n) is 11.0. The lowest BCUT2D eigenvalue weighted by Gasteiger charge is -2.27. The van der Waals surface area contributed by atoms with Gasteiger partial charge in [0.2, 0.25) is 5.91 Å². The Morgan fingerprint density at radius 1 is 1.25 bits per heavy atom. The van der Waals surface area contributed by atoms with Gasteiger partial charge >= 0.3 is 0 Å². The number of carbonyl (C=O) groups excluding carboxylic acids is 1. The molecule has 6 heteroatoms. The third-order valence-corrected chi connectivity index (χ3v) is 4.95. The molecule has 1 aromatic rings. The second kappa shape index (κ2) is 6.22. The van der Waals surface area contributed by atoms with Gasteiger partial charge in [-0.15, -0.1) is 0 Å². The molecule has 2 aliphatic rings. The summed E-state index contributed by atoms with van der Waals surface area (Å²) in [6.07, 6.45) is 0. The molecule has 1 aromatic carbocycles. The first-order chi connectivity index (χ1) is 9.75. The molecule has 1 atom stereocenters. The SMILES string of the molecule is O=C1C(CN2CCOCC2)SC(=S)N1c1ccccc1. The van der Waals surface area contributed by atoms with Gasteiger partial charge in [-0.25, -0.2) is 0 Å². The van der Waals surface area contributed by atoms with E-state index in [-0.39, 0.29) is 11.2 Å². The van der Waals surface area contributed by atoms with Crippen LogP contribution < -0.4 is 4.90 Å². The van der Waals surface area contributed by atoms with Gasteiger partial charge in [-0.1, -0.05) is 42.2 Å². The number of hydrogen-bond donors (Lipinski definition) is 0. The van der Waals surface area contributed by atoms with Crippen molar-refractivity contribution in [1.82, 2.24) is 4.90 Å². The van der Waals surface area contributed by atoms with Crippen LogP contribution in [-0.2, 0) is 9.53 Å². The molecule has 2 fully saturated rings. The van der Waals surface area contributed by atoms with E-state index in [0.717, 1.165) is 38.5 Å². The van der Waals surface area contributed by atoms with Gasteiger partial charge in [-0.05, 0) is 12.1 Å². The number of morpholine rings is 1. The van der Waals surface area contributed by atoms with Crippen molar-refractivity contribution in [3.8, 4) is 0 Å². The number of anilines is 1. The molecule has 2 saturated heterocycles. The summed E-state index contributed by atoms with van der Waals surface area (Å²) in [5.41, 5.74) is 0.861. The summed E-state index contributed by atoms with van der Waals surface area (Å²) in [4.78, 5) is 16.5. The number of carbonyl (C=O) groups is 1. The van der Waals surface area contributed by atoms with Crippen molar-refractivity contribution in [2.24, 2.45) is 0 Å². The molecule has 2 aliphatic heterocycles. The second-order valence-electron chi connectivity index (χ2n) is 4.79. The quantitative estimate of drug-likeness (QED) is 0.795. The number of thioether (sulfide) groups is 1. The van der Waals surface area contributed by atoms with Crippen molar-refractivity contribution in [2.75, 3.05) is 37.7 Å². The molecule has 0 spiro atoms. The smallest absolute Gasteiger partial charge is 0.247 e. The number of para-hydroxylation sites is 1. The molecule has 0 aromatic heterocycles. The fourth-order valence-corrected chi connectivity index (χ4v) is 3.98. The Balaban J connectivity index is 1.70. The van der Waals surface area contributed by atoms with E-state index in [1.165, 1.54) is 11.8 Å². The lowest BCUT2D eigenvalue weighted by Crippen LogP contribution is -2.43. The molecule has 20 heavy (non-hydrogen) atoms. The standard InChI is InChI=1S/C14H16N2O2S2/c17-13-12(10-15-6-8-18-9-7-15)20-14(19)16(13)11-4-2-1-3-5-11/h1-5,12H,6-10H2. The van der Waals surface area contributed by atoms with E-state index in [9.17, 15) is 4.79 Å². The molecule has 3 rings (SSSR count). The van der Waals surface area contributed by atoms with E-state index in [2.05, 4.69) is 4.90 Å². The van der Waals surface area contributed by atoms with Crippen LogP contribution >= 0.6 is 24.0 Å². The predicted molar refractivity (Wildman–Crippen MR) is 85.2 cm³/mol. The minimum Gasteiger partial charge on any atom is -0.379 e. The minimum atomic E-state index is -0.0965. The maximum Gasteiger partial charge on any atom is 0.247 e. The highest BCUT2D eigenvalue weighted by atomic mass is 32.2. The molecule has 0 bridgehead atoms. The van der Waals surface area contributed by atoms with E-state index in [4.69, 9.17) is 17.0 Å². The number of benzene rings is 1. The summed E-state index contributed by atoms with van der Waals surface area (Å²) in [7, 11) is 0. The van der Waals surface area contributed by atoms with Crippen LogP contribution in [0.15, 0.2) is 30.3 Å². The number of nitrogens with zero attached hydrogens (tertiary/aromatic N) is 2. The largest absolute Gasteiger partial charge is 0.379 e. The van der Waals surface area contributed by atoms with Crippen molar-refractivity contribution in [3.05, 3.63) is 30.3 Å². The van der Waals surface area contributed by atoms with Crippen LogP contribution in [0.5, 0.6) is 0 Å². The molecule has 4 nitrogen and oxygen atoms in total. The third-order valence-electron chi connectivity index (χ3n) is 3.46. The number of hydrogen-bond acceptors (Lipinski definition) is 5. The lowest BCUT2D eigenvalue weighted by atomic mass is 10.2. The van der Waals surface area contributed by atoms with Gasteiger partial charge in [0.25, 0.3) is 0 Å². The molecular weight excluding hydrogens is 292 g/mol. The third kappa shape index (κ3) is 2.88. The molecule has 2 heterocycles. The number of ether oxygens (including phenoxy) is 1. The summed E-state index contributed by atoms with van der Waals surface area (Å²) in [5, 5.41) is -0.0965. The topological polar surface area (TPSA) is 32.8 Å². The maximum atomic E-state index is 12.5. The van der Waals surface area contributed by atoms with Crippen LogP contribution in [0, 0.1) is 0 Å². The van der Waals surface area contributed by atoms with Crippen LogP contribution in [0.2, 0.25) is 0 Å². The summed E-state index contributed by atoms with van der Waals surface area (Å²) < 4.78 is 5.99. The highest BCUT2D eigenvalue weighted by Gasteiger charge is 2.38. The van der Waals surface area contributed by atoms with Crippen LogP contribution in [0.1, 0.15) is 0 Å². The average Bonchev–Trinajstić information content (AvgIpc) is 2.75. The fraction of sp³-hybridized carbons (Fsp3) is 0.429. The van der Waals surface area contributed by atoms with E-state index < -0.39 is 0 Å². The predicted octanol–water partition coefficient (Wildman–Crippen LogP) is 1.75. The monoisotopic (exact) mass is 308 g/mol. The van der Waals surface area contributed by atoms with Gasteiger partial charge in [0, 0.05) is 19.6 Å². The van der Waals surface area contributed by atoms with Crippen molar-refractivity contribution >= 4 is 39.9 Å². The molecule has 0 aliphatic carbocycles. The van der Waals surface area contributed by atoms with Gasteiger partial charge in [-0.2, -0.15) is 0 Å². The second-order valence-corrected chi connectivity index (χ2v) is 6.63. The molecule has 1 amide bonds. The Hall–Kier alpha value is -0.950. The van der Waals surface area contributed by atoms with Crippen LogP contribution in [0.3, 0.4) is 0 Å². The van der Waals surface area contributed by atoms with E-state index in [0.29, 0.717) is 4.32 Å². The van der Waals surface area contributed by atoms with Crippen molar-refractivity contribution < 1.29 is 9.53 Å². The van der Waals surface area contributed by atoms with Gasteiger partial charge < -0.3 is 4.74 Å². The fourth-order valence-electron chi connectivity index (χ4n) is 2.40. The molecule has 0 radical (unpaired) electrons. The van der Waals surface area contributed by atoms with Crippen LogP contribution in [0.25, 0.3) is 0 Å². The lowest BCUT2D eigenvalue weighted by molar-refractivity contribution is -0.117. The maximum absolute atomic E-state index is 12.5. The molecular formula is C14H16N2O2S2. The van der Waals surface area contributed by atoms with Crippen LogP contribution in [-0.4, -0.2) is 53.2 Å². The molecule has 0 N–H and O–H groups in total. The first kappa shape index (κ1) is 14.0. The Morgan fingerprint density at radius 3 is 2.65 bits per heavy atom. The number of amides is 1. The average molecular weight is 308 g/mol. The van der Waals surface area contributed by atoms with Gasteiger partial charge in [-0.3, -0.25) is 14.6 Å². The molecule has 106 valence electrons. The van der Waals surface area contributed by atoms with E-state index in [1.807, 2.05) is 30.3 Å². The van der Waals surface area contributed by atoms with Crippen molar-refractivity contribution in [2.45, 2.75) is 5.25 Å². The Kier molecular flexibility index (Phi) is 4.35. The molecule has 0 saturated carbocycles. The number of rotatable bonds is 3. The normalized spacial score (nSPS) is 24.4. The van der Waals surface area contributed by atoms with Crippen molar-refractivity contribution in [3.63, 3.8) is 0 Å². The summed E-state index contributed by atoms with van der Waals surface area (Å²) in [5.74, 6) is 0.0951. The van der Waals surface area contributed by atoms with E-state index in [1.54, 1.807) is 4.90 Å². The first-order valence-corrected chi connectivity index (χ1v) is 7.94. The van der Waals surface area contributed by atoms with Gasteiger partial charge in [0.15, 0.2) is 0 Å². The summed E-state index contributed by atoms with van der Waals surface area (Å²) >= 11 is 6.86. The van der Waals surface area contributed by atoms with E-state index >= 15 is 0 Å². The van der Waals surface area contributed by atoms with Crippen LogP contribution in [0.4, 0.5) is 5.69 Å². The Labute approximate surface area is 128 Å². The first-order valence-electron chi connectivity index (χ1n) is 6.65. The van der Waals surface area contributed by atoms with Crippen molar-refractivity contribution in [1.29, 1.82) is 0 Å². The summed E-state index contributed by atoms with van der Waals surface area (Å²) in [6.45, 7) is 4.03. The minimum absolute atomic E-state index is 0.0951. The van der Waals surface area contributed by atoms with Gasteiger partial charge in [0.05, 0.1) is 18.9 Å². The highest BCUT2D eigenvalue weighted by Crippen LogP contribution is 2.32.